The zero-order valence-corrected chi connectivity index (χ0v) is 9.40. The number of rotatable bonds is 6. The average Bonchev–Trinajstić information content (AvgIpc) is 2.15. The van der Waals surface area contributed by atoms with Gasteiger partial charge in [0, 0.05) is 0 Å². The first kappa shape index (κ1) is 14.3. The maximum Gasteiger partial charge on any atom is -0.0351 e. The third-order valence-electron chi connectivity index (χ3n) is 2.05. The highest BCUT2D eigenvalue weighted by atomic mass is 14.1. The molecule has 0 bridgehead atoms. The van der Waals surface area contributed by atoms with Gasteiger partial charge in [0.2, 0.25) is 0 Å². The van der Waals surface area contributed by atoms with Crippen LogP contribution in [-0.2, 0) is 0 Å². The fourth-order valence-corrected chi connectivity index (χ4v) is 1.31. The Hall–Kier alpha value is -0.260. The van der Waals surface area contributed by atoms with E-state index in [0.29, 0.717) is 0 Å². The maximum atomic E-state index is 3.73. The van der Waals surface area contributed by atoms with Crippen LogP contribution in [0.1, 0.15) is 59.8 Å². The summed E-state index contributed by atoms with van der Waals surface area (Å²) in [5, 5.41) is 0. The van der Waals surface area contributed by atoms with Gasteiger partial charge in [0.05, 0.1) is 0 Å². The highest BCUT2D eigenvalue weighted by molar-refractivity contribution is 4.68. The van der Waals surface area contributed by atoms with E-state index < -0.39 is 0 Å². The lowest BCUT2D eigenvalue weighted by atomic mass is 9.95. The molecule has 0 spiro atoms. The summed E-state index contributed by atoms with van der Waals surface area (Å²) in [6, 6.07) is 0. The Morgan fingerprint density at radius 3 is 2.08 bits per heavy atom. The largest absolute Gasteiger partial charge is 0.103 e. The van der Waals surface area contributed by atoms with Crippen LogP contribution in [0.15, 0.2) is 12.7 Å². The molecule has 0 aliphatic rings. The fourth-order valence-electron chi connectivity index (χ4n) is 1.31. The molecule has 0 heterocycles. The van der Waals surface area contributed by atoms with Crippen LogP contribution in [0.5, 0.6) is 0 Å². The third-order valence-corrected chi connectivity index (χ3v) is 2.05. The highest BCUT2D eigenvalue weighted by Gasteiger charge is 2.01. The monoisotopic (exact) mass is 170 g/mol. The SMILES string of the molecule is C=CCCC(CC)CCC.CC. The molecule has 0 aliphatic heterocycles. The van der Waals surface area contributed by atoms with E-state index in [2.05, 4.69) is 20.4 Å². The van der Waals surface area contributed by atoms with Crippen LogP contribution in [0.2, 0.25) is 0 Å². The summed E-state index contributed by atoms with van der Waals surface area (Å²) in [4.78, 5) is 0. The van der Waals surface area contributed by atoms with E-state index in [4.69, 9.17) is 0 Å². The molecule has 0 nitrogen and oxygen atoms in total. The van der Waals surface area contributed by atoms with Gasteiger partial charge in [-0.05, 0) is 18.8 Å². The second-order valence-electron chi connectivity index (χ2n) is 2.93. The molecule has 1 atom stereocenters. The Morgan fingerprint density at radius 1 is 1.17 bits per heavy atom. The molecule has 0 aromatic heterocycles. The Labute approximate surface area is 79.1 Å². The van der Waals surface area contributed by atoms with Crippen molar-refractivity contribution in [2.24, 2.45) is 5.92 Å². The lowest BCUT2D eigenvalue weighted by molar-refractivity contribution is 0.436. The van der Waals surface area contributed by atoms with Crippen molar-refractivity contribution in [1.82, 2.24) is 0 Å². The fraction of sp³-hybridized carbons (Fsp3) is 0.833. The van der Waals surface area contributed by atoms with Gasteiger partial charge < -0.3 is 0 Å². The lowest BCUT2D eigenvalue weighted by Crippen LogP contribution is -1.96. The van der Waals surface area contributed by atoms with Crippen LogP contribution in [0.3, 0.4) is 0 Å². The van der Waals surface area contributed by atoms with Gasteiger partial charge in [-0.1, -0.05) is 53.0 Å². The van der Waals surface area contributed by atoms with Crippen LogP contribution < -0.4 is 0 Å². The van der Waals surface area contributed by atoms with Gasteiger partial charge in [-0.3, -0.25) is 0 Å². The smallest absolute Gasteiger partial charge is 0.0351 e. The van der Waals surface area contributed by atoms with Crippen LogP contribution in [0.4, 0.5) is 0 Å². The first-order valence-corrected chi connectivity index (χ1v) is 5.46. The van der Waals surface area contributed by atoms with Crippen molar-refractivity contribution in [2.75, 3.05) is 0 Å². The van der Waals surface area contributed by atoms with Crippen LogP contribution in [0.25, 0.3) is 0 Å². The minimum absolute atomic E-state index is 0.947. The second-order valence-corrected chi connectivity index (χ2v) is 2.93. The molecular formula is C12H26. The molecule has 0 rings (SSSR count). The van der Waals surface area contributed by atoms with Crippen molar-refractivity contribution >= 4 is 0 Å². The molecule has 1 unspecified atom stereocenters. The summed E-state index contributed by atoms with van der Waals surface area (Å²) in [5.74, 6) is 0.947. The molecule has 12 heavy (non-hydrogen) atoms. The summed E-state index contributed by atoms with van der Waals surface area (Å²) in [6.45, 7) is 12.3. The van der Waals surface area contributed by atoms with Crippen molar-refractivity contribution in [3.8, 4) is 0 Å². The van der Waals surface area contributed by atoms with Crippen molar-refractivity contribution in [1.29, 1.82) is 0 Å². The minimum Gasteiger partial charge on any atom is -0.103 e. The summed E-state index contributed by atoms with van der Waals surface area (Å²) >= 11 is 0. The molecular weight excluding hydrogens is 144 g/mol. The number of hydrogen-bond donors (Lipinski definition) is 0. The average molecular weight is 170 g/mol. The Kier molecular flexibility index (Phi) is 15.9. The predicted molar refractivity (Wildman–Crippen MR) is 59.5 cm³/mol. The number of hydrogen-bond acceptors (Lipinski definition) is 0. The van der Waals surface area contributed by atoms with Gasteiger partial charge in [0.15, 0.2) is 0 Å². The first-order chi connectivity index (χ1) is 5.85. The van der Waals surface area contributed by atoms with Crippen molar-refractivity contribution in [3.63, 3.8) is 0 Å². The van der Waals surface area contributed by atoms with Gasteiger partial charge in [-0.25, -0.2) is 0 Å². The van der Waals surface area contributed by atoms with Crippen LogP contribution in [-0.4, -0.2) is 0 Å². The minimum atomic E-state index is 0.947. The molecule has 0 aromatic carbocycles. The molecule has 0 amide bonds. The standard InChI is InChI=1S/C10H20.C2H6/c1-4-7-9-10(6-3)8-5-2;1-2/h4,10H,1,5-9H2,2-3H3;1-2H3. The van der Waals surface area contributed by atoms with Crippen molar-refractivity contribution in [2.45, 2.75) is 59.8 Å². The van der Waals surface area contributed by atoms with Gasteiger partial charge in [-0.2, -0.15) is 0 Å². The molecule has 0 radical (unpaired) electrons. The van der Waals surface area contributed by atoms with E-state index in [0.717, 1.165) is 5.92 Å². The van der Waals surface area contributed by atoms with Crippen LogP contribution >= 0.6 is 0 Å². The maximum absolute atomic E-state index is 3.73. The Morgan fingerprint density at radius 2 is 1.75 bits per heavy atom. The first-order valence-electron chi connectivity index (χ1n) is 5.46. The normalized spacial score (nSPS) is 11.3. The molecule has 0 aromatic rings. The summed E-state index contributed by atoms with van der Waals surface area (Å²) in [6.07, 6.45) is 8.62. The summed E-state index contributed by atoms with van der Waals surface area (Å²) in [5.41, 5.74) is 0. The molecule has 0 saturated heterocycles. The van der Waals surface area contributed by atoms with Crippen LogP contribution in [0, 0.1) is 5.92 Å². The lowest BCUT2D eigenvalue weighted by Gasteiger charge is -2.10. The van der Waals surface area contributed by atoms with E-state index in [1.165, 1.54) is 32.1 Å². The molecule has 0 fully saturated rings. The highest BCUT2D eigenvalue weighted by Crippen LogP contribution is 2.16. The topological polar surface area (TPSA) is 0 Å². The zero-order valence-electron chi connectivity index (χ0n) is 9.40. The van der Waals surface area contributed by atoms with Gasteiger partial charge in [0.1, 0.15) is 0 Å². The zero-order chi connectivity index (χ0) is 9.82. The molecule has 74 valence electrons. The molecule has 0 aliphatic carbocycles. The third kappa shape index (κ3) is 9.74. The molecule has 0 N–H and O–H groups in total. The molecule has 0 saturated carbocycles. The summed E-state index contributed by atoms with van der Waals surface area (Å²) < 4.78 is 0. The van der Waals surface area contributed by atoms with Crippen molar-refractivity contribution in [3.05, 3.63) is 12.7 Å². The van der Waals surface area contributed by atoms with E-state index in [9.17, 15) is 0 Å². The van der Waals surface area contributed by atoms with Gasteiger partial charge >= 0.3 is 0 Å². The molecule has 0 heteroatoms. The summed E-state index contributed by atoms with van der Waals surface area (Å²) in [7, 11) is 0. The van der Waals surface area contributed by atoms with E-state index in [1.54, 1.807) is 0 Å². The van der Waals surface area contributed by atoms with Crippen molar-refractivity contribution < 1.29 is 0 Å². The van der Waals surface area contributed by atoms with Gasteiger partial charge in [-0.15, -0.1) is 6.58 Å². The quantitative estimate of drug-likeness (QED) is 0.502. The second kappa shape index (κ2) is 13.3. The number of allylic oxidation sites excluding steroid dienone is 1. The Balaban J connectivity index is 0. The van der Waals surface area contributed by atoms with Gasteiger partial charge in [0.25, 0.3) is 0 Å². The van der Waals surface area contributed by atoms with E-state index >= 15 is 0 Å². The Bertz CT molecular complexity index is 74.1. The predicted octanol–water partition coefficient (Wildman–Crippen LogP) is 4.81. The van der Waals surface area contributed by atoms with E-state index in [1.807, 2.05) is 19.9 Å². The van der Waals surface area contributed by atoms with E-state index in [-0.39, 0.29) is 0 Å².